The molecule has 0 saturated heterocycles. The number of rotatable bonds is 4. The first-order valence-electron chi connectivity index (χ1n) is 8.21. The highest BCUT2D eigenvalue weighted by Crippen LogP contribution is 2.24. The Morgan fingerprint density at radius 2 is 1.77 bits per heavy atom. The van der Waals surface area contributed by atoms with Crippen LogP contribution in [0.5, 0.6) is 0 Å². The predicted molar refractivity (Wildman–Crippen MR) is 106 cm³/mol. The molecule has 0 aliphatic carbocycles. The molecule has 0 fully saturated rings. The van der Waals surface area contributed by atoms with Crippen LogP contribution in [0.2, 0.25) is 10.2 Å². The second-order valence-electron chi connectivity index (χ2n) is 6.31. The number of aromatic nitrogens is 2. The Balaban J connectivity index is 1.83. The van der Waals surface area contributed by atoms with Crippen molar-refractivity contribution in [3.05, 3.63) is 80.6 Å². The zero-order chi connectivity index (χ0) is 18.8. The average Bonchev–Trinajstić information content (AvgIpc) is 2.87. The molecule has 1 heterocycles. The summed E-state index contributed by atoms with van der Waals surface area (Å²) < 4.78 is 1.64. The van der Waals surface area contributed by atoms with Gasteiger partial charge < -0.3 is 5.32 Å². The Labute approximate surface area is 162 Å². The summed E-state index contributed by atoms with van der Waals surface area (Å²) in [7, 11) is 0. The van der Waals surface area contributed by atoms with E-state index in [2.05, 4.69) is 10.4 Å². The number of hydrogen-bond acceptors (Lipinski definition) is 2. The number of aryl methyl sites for hydroxylation is 3. The minimum Gasteiger partial charge on any atom is -0.322 e. The number of anilines is 1. The molecular weight excluding hydrogens is 369 g/mol. The first-order valence-corrected chi connectivity index (χ1v) is 8.96. The maximum Gasteiger partial charge on any atom is 0.260 e. The van der Waals surface area contributed by atoms with Crippen molar-refractivity contribution in [3.8, 4) is 0 Å². The summed E-state index contributed by atoms with van der Waals surface area (Å²) in [6.45, 7) is 6.22. The van der Waals surface area contributed by atoms with Gasteiger partial charge in [0.1, 0.15) is 5.15 Å². The van der Waals surface area contributed by atoms with Gasteiger partial charge in [-0.15, -0.1) is 0 Å². The van der Waals surface area contributed by atoms with Gasteiger partial charge in [-0.3, -0.25) is 4.79 Å². The number of benzene rings is 2. The quantitative estimate of drug-likeness (QED) is 0.649. The summed E-state index contributed by atoms with van der Waals surface area (Å²) in [6, 6.07) is 13.5. The Kier molecular flexibility index (Phi) is 5.35. The lowest BCUT2D eigenvalue weighted by molar-refractivity contribution is 0.102. The molecule has 3 rings (SSSR count). The molecule has 0 bridgehead atoms. The van der Waals surface area contributed by atoms with Crippen molar-refractivity contribution >= 4 is 34.8 Å². The fraction of sp³-hybridized carbons (Fsp3) is 0.200. The van der Waals surface area contributed by atoms with Crippen LogP contribution >= 0.6 is 23.2 Å². The minimum atomic E-state index is -0.303. The van der Waals surface area contributed by atoms with Gasteiger partial charge in [-0.05, 0) is 44.0 Å². The highest BCUT2D eigenvalue weighted by Gasteiger charge is 2.20. The van der Waals surface area contributed by atoms with Crippen LogP contribution in [0.3, 0.4) is 0 Å². The van der Waals surface area contributed by atoms with Gasteiger partial charge in [0, 0.05) is 10.7 Å². The van der Waals surface area contributed by atoms with Crippen molar-refractivity contribution in [2.24, 2.45) is 0 Å². The van der Waals surface area contributed by atoms with E-state index in [1.807, 2.05) is 44.2 Å². The van der Waals surface area contributed by atoms with Gasteiger partial charge in [-0.1, -0.05) is 59.1 Å². The maximum absolute atomic E-state index is 12.7. The Morgan fingerprint density at radius 1 is 1.08 bits per heavy atom. The van der Waals surface area contributed by atoms with E-state index in [1.165, 1.54) is 5.56 Å². The van der Waals surface area contributed by atoms with Crippen LogP contribution in [0.15, 0.2) is 42.5 Å². The van der Waals surface area contributed by atoms with Crippen LogP contribution in [0.1, 0.15) is 32.7 Å². The molecule has 3 aromatic rings. The normalized spacial score (nSPS) is 10.8. The van der Waals surface area contributed by atoms with E-state index in [4.69, 9.17) is 23.2 Å². The van der Waals surface area contributed by atoms with E-state index in [9.17, 15) is 4.79 Å². The molecule has 0 saturated carbocycles. The van der Waals surface area contributed by atoms with Crippen LogP contribution in [0.25, 0.3) is 0 Å². The summed E-state index contributed by atoms with van der Waals surface area (Å²) in [6.07, 6.45) is 0. The van der Waals surface area contributed by atoms with Gasteiger partial charge in [0.25, 0.3) is 5.91 Å². The molecule has 0 radical (unpaired) electrons. The number of amides is 1. The molecule has 0 aliphatic rings. The number of nitrogens with zero attached hydrogens (tertiary/aromatic N) is 2. The predicted octanol–water partition coefficient (Wildman–Crippen LogP) is 5.42. The van der Waals surface area contributed by atoms with Gasteiger partial charge in [0.15, 0.2) is 0 Å². The maximum atomic E-state index is 12.7. The molecule has 0 aliphatic heterocycles. The number of nitrogens with one attached hydrogen (secondary N) is 1. The molecule has 1 amide bonds. The van der Waals surface area contributed by atoms with Crippen molar-refractivity contribution in [1.29, 1.82) is 0 Å². The lowest BCUT2D eigenvalue weighted by Crippen LogP contribution is -2.13. The van der Waals surface area contributed by atoms with E-state index in [0.29, 0.717) is 33.7 Å². The SMILES string of the molecule is Cc1ccc(Cn2nc(C)c(C(=O)Nc3ccc(C)c(Cl)c3)c2Cl)cc1. The fourth-order valence-electron chi connectivity index (χ4n) is 2.65. The lowest BCUT2D eigenvalue weighted by atomic mass is 10.1. The largest absolute Gasteiger partial charge is 0.322 e. The molecule has 0 atom stereocenters. The number of carbonyl (C=O) groups is 1. The van der Waals surface area contributed by atoms with Gasteiger partial charge in [-0.25, -0.2) is 4.68 Å². The Bertz CT molecular complexity index is 962. The summed E-state index contributed by atoms with van der Waals surface area (Å²) in [4.78, 5) is 12.7. The second kappa shape index (κ2) is 7.52. The summed E-state index contributed by atoms with van der Waals surface area (Å²) in [5, 5.41) is 8.17. The van der Waals surface area contributed by atoms with Crippen LogP contribution in [-0.4, -0.2) is 15.7 Å². The molecule has 1 N–H and O–H groups in total. The third-order valence-corrected chi connectivity index (χ3v) is 4.97. The van der Waals surface area contributed by atoms with Crippen molar-refractivity contribution in [3.63, 3.8) is 0 Å². The van der Waals surface area contributed by atoms with Crippen LogP contribution in [-0.2, 0) is 6.54 Å². The molecule has 0 unspecified atom stereocenters. The highest BCUT2D eigenvalue weighted by atomic mass is 35.5. The van der Waals surface area contributed by atoms with Crippen molar-refractivity contribution in [2.75, 3.05) is 5.32 Å². The third kappa shape index (κ3) is 3.92. The topological polar surface area (TPSA) is 46.9 Å². The molecule has 26 heavy (non-hydrogen) atoms. The molecule has 4 nitrogen and oxygen atoms in total. The van der Waals surface area contributed by atoms with Gasteiger partial charge >= 0.3 is 0 Å². The van der Waals surface area contributed by atoms with Crippen molar-refractivity contribution in [2.45, 2.75) is 27.3 Å². The van der Waals surface area contributed by atoms with E-state index < -0.39 is 0 Å². The van der Waals surface area contributed by atoms with E-state index in [1.54, 1.807) is 23.7 Å². The van der Waals surface area contributed by atoms with E-state index in [0.717, 1.165) is 11.1 Å². The van der Waals surface area contributed by atoms with E-state index in [-0.39, 0.29) is 5.91 Å². The van der Waals surface area contributed by atoms with Crippen LogP contribution in [0.4, 0.5) is 5.69 Å². The van der Waals surface area contributed by atoms with E-state index >= 15 is 0 Å². The third-order valence-electron chi connectivity index (χ3n) is 4.18. The smallest absolute Gasteiger partial charge is 0.260 e. The highest BCUT2D eigenvalue weighted by molar-refractivity contribution is 6.34. The van der Waals surface area contributed by atoms with Gasteiger partial charge in [-0.2, -0.15) is 5.10 Å². The summed E-state index contributed by atoms with van der Waals surface area (Å²) in [5.74, 6) is -0.303. The zero-order valence-electron chi connectivity index (χ0n) is 14.8. The average molecular weight is 388 g/mol. The minimum absolute atomic E-state index is 0.303. The van der Waals surface area contributed by atoms with Gasteiger partial charge in [0.2, 0.25) is 0 Å². The Morgan fingerprint density at radius 3 is 2.42 bits per heavy atom. The number of halogens is 2. The molecule has 0 spiro atoms. The first kappa shape index (κ1) is 18.5. The van der Waals surface area contributed by atoms with Crippen LogP contribution < -0.4 is 5.32 Å². The second-order valence-corrected chi connectivity index (χ2v) is 7.08. The van der Waals surface area contributed by atoms with Crippen molar-refractivity contribution in [1.82, 2.24) is 9.78 Å². The summed E-state index contributed by atoms with van der Waals surface area (Å²) in [5.41, 5.74) is 4.77. The fourth-order valence-corrected chi connectivity index (χ4v) is 3.15. The van der Waals surface area contributed by atoms with Crippen molar-refractivity contribution < 1.29 is 4.79 Å². The molecule has 2 aromatic carbocycles. The first-order chi connectivity index (χ1) is 12.3. The monoisotopic (exact) mass is 387 g/mol. The number of hydrogen-bond donors (Lipinski definition) is 1. The Hall–Kier alpha value is -2.30. The lowest BCUT2D eigenvalue weighted by Gasteiger charge is -2.07. The molecular formula is C20H19Cl2N3O. The van der Waals surface area contributed by atoms with Crippen LogP contribution in [0, 0.1) is 20.8 Å². The number of carbonyl (C=O) groups excluding carboxylic acids is 1. The molecule has 134 valence electrons. The molecule has 1 aromatic heterocycles. The van der Waals surface area contributed by atoms with Gasteiger partial charge in [0.05, 0.1) is 17.8 Å². The molecule has 6 heteroatoms. The summed E-state index contributed by atoms with van der Waals surface area (Å²) >= 11 is 12.6. The zero-order valence-corrected chi connectivity index (χ0v) is 16.3. The standard InChI is InChI=1S/C20H19Cl2N3O/c1-12-4-7-15(8-5-12)11-25-19(22)18(14(3)24-25)20(26)23-16-9-6-13(2)17(21)10-16/h4-10H,11H2,1-3H3,(H,23,26).